The van der Waals surface area contributed by atoms with E-state index in [1.54, 1.807) is 0 Å². The Morgan fingerprint density at radius 3 is 2.85 bits per heavy atom. The summed E-state index contributed by atoms with van der Waals surface area (Å²) >= 11 is 0. The largest absolute Gasteiger partial charge is 0.342 e. The van der Waals surface area contributed by atoms with E-state index < -0.39 is 0 Å². The maximum Gasteiger partial charge on any atom is 0.317 e. The molecule has 1 aromatic heterocycles. The van der Waals surface area contributed by atoms with Gasteiger partial charge in [-0.15, -0.1) is 0 Å². The summed E-state index contributed by atoms with van der Waals surface area (Å²) in [7, 11) is 0. The zero-order valence-corrected chi connectivity index (χ0v) is 11.6. The molecule has 2 N–H and O–H groups in total. The summed E-state index contributed by atoms with van der Waals surface area (Å²) in [6, 6.07) is 8.02. The van der Waals surface area contributed by atoms with Gasteiger partial charge in [0.05, 0.1) is 11.0 Å². The number of likely N-dealkylation sites (tertiary alicyclic amines) is 1. The summed E-state index contributed by atoms with van der Waals surface area (Å²) in [4.78, 5) is 21.6. The lowest BCUT2D eigenvalue weighted by molar-refractivity contribution is 0.186. The zero-order valence-electron chi connectivity index (χ0n) is 11.6. The topological polar surface area (TPSA) is 61.0 Å². The maximum absolute atomic E-state index is 11.9. The molecule has 1 aliphatic rings. The Labute approximate surface area is 118 Å². The van der Waals surface area contributed by atoms with E-state index in [1.165, 1.54) is 6.42 Å². The molecular weight excluding hydrogens is 252 g/mol. The highest BCUT2D eigenvalue weighted by Gasteiger charge is 2.15. The lowest BCUT2D eigenvalue weighted by Crippen LogP contribution is -2.43. The molecule has 3 rings (SSSR count). The molecule has 5 nitrogen and oxygen atoms in total. The number of para-hydroxylation sites is 2. The summed E-state index contributed by atoms with van der Waals surface area (Å²) in [6.45, 7) is 2.39. The molecule has 2 aromatic rings. The molecular formula is C15H20N4O. The predicted molar refractivity (Wildman–Crippen MR) is 78.6 cm³/mol. The molecule has 0 bridgehead atoms. The highest BCUT2D eigenvalue weighted by Crippen LogP contribution is 2.11. The number of imidazole rings is 1. The van der Waals surface area contributed by atoms with Crippen LogP contribution in [0.3, 0.4) is 0 Å². The van der Waals surface area contributed by atoms with Gasteiger partial charge in [0, 0.05) is 26.1 Å². The van der Waals surface area contributed by atoms with Crippen LogP contribution < -0.4 is 5.32 Å². The van der Waals surface area contributed by atoms with Crippen LogP contribution in [0, 0.1) is 0 Å². The fraction of sp³-hybridized carbons (Fsp3) is 0.467. The normalized spacial score (nSPS) is 15.5. The van der Waals surface area contributed by atoms with Gasteiger partial charge in [0.1, 0.15) is 5.82 Å². The number of benzene rings is 1. The van der Waals surface area contributed by atoms with Crippen LogP contribution in [0.2, 0.25) is 0 Å². The number of urea groups is 1. The summed E-state index contributed by atoms with van der Waals surface area (Å²) in [5.41, 5.74) is 2.02. The number of carbonyl (C=O) groups is 1. The SMILES string of the molecule is O=C(NCCc1nc2ccccc2[nH]1)N1CCCCC1. The highest BCUT2D eigenvalue weighted by molar-refractivity contribution is 5.75. The van der Waals surface area contributed by atoms with Crippen LogP contribution in [0.5, 0.6) is 0 Å². The van der Waals surface area contributed by atoms with Gasteiger partial charge in [0.2, 0.25) is 0 Å². The van der Waals surface area contributed by atoms with Gasteiger partial charge < -0.3 is 15.2 Å². The van der Waals surface area contributed by atoms with Gasteiger partial charge in [-0.1, -0.05) is 12.1 Å². The Kier molecular flexibility index (Phi) is 3.85. The van der Waals surface area contributed by atoms with Crippen LogP contribution in [-0.2, 0) is 6.42 Å². The predicted octanol–water partition coefficient (Wildman–Crippen LogP) is 2.30. The van der Waals surface area contributed by atoms with Crippen molar-refractivity contribution in [2.75, 3.05) is 19.6 Å². The van der Waals surface area contributed by atoms with Crippen molar-refractivity contribution in [1.29, 1.82) is 0 Å². The number of carbonyl (C=O) groups excluding carboxylic acids is 1. The standard InChI is InChI=1S/C15H20N4O/c20-15(19-10-4-1-5-11-19)16-9-8-14-17-12-6-2-3-7-13(12)18-14/h2-3,6-7H,1,4-5,8-11H2,(H,16,20)(H,17,18). The molecule has 0 atom stereocenters. The molecule has 106 valence electrons. The molecule has 2 heterocycles. The van der Waals surface area contributed by atoms with E-state index in [1.807, 2.05) is 29.2 Å². The molecule has 1 aromatic carbocycles. The number of aromatic amines is 1. The Hall–Kier alpha value is -2.04. The molecule has 1 fully saturated rings. The van der Waals surface area contributed by atoms with Gasteiger partial charge >= 0.3 is 6.03 Å². The van der Waals surface area contributed by atoms with Gasteiger partial charge in [-0.3, -0.25) is 0 Å². The Morgan fingerprint density at radius 1 is 1.25 bits per heavy atom. The first-order chi connectivity index (χ1) is 9.83. The number of nitrogens with zero attached hydrogens (tertiary/aromatic N) is 2. The number of hydrogen-bond donors (Lipinski definition) is 2. The van der Waals surface area contributed by atoms with E-state index in [0.29, 0.717) is 6.54 Å². The molecule has 20 heavy (non-hydrogen) atoms. The molecule has 5 heteroatoms. The second-order valence-corrected chi connectivity index (χ2v) is 5.23. The molecule has 0 spiro atoms. The third-order valence-electron chi connectivity index (χ3n) is 3.72. The zero-order chi connectivity index (χ0) is 13.8. The van der Waals surface area contributed by atoms with E-state index in [2.05, 4.69) is 15.3 Å². The summed E-state index contributed by atoms with van der Waals surface area (Å²) in [5, 5.41) is 2.97. The van der Waals surface area contributed by atoms with E-state index in [9.17, 15) is 4.79 Å². The fourth-order valence-corrected chi connectivity index (χ4v) is 2.62. The quantitative estimate of drug-likeness (QED) is 0.900. The Balaban J connectivity index is 1.50. The van der Waals surface area contributed by atoms with E-state index in [-0.39, 0.29) is 6.03 Å². The third-order valence-corrected chi connectivity index (χ3v) is 3.72. The fourth-order valence-electron chi connectivity index (χ4n) is 2.62. The van der Waals surface area contributed by atoms with Crippen molar-refractivity contribution < 1.29 is 4.79 Å². The molecule has 0 aliphatic carbocycles. The van der Waals surface area contributed by atoms with Crippen LogP contribution in [0.4, 0.5) is 4.79 Å². The number of H-pyrrole nitrogens is 1. The second-order valence-electron chi connectivity index (χ2n) is 5.23. The van der Waals surface area contributed by atoms with E-state index >= 15 is 0 Å². The van der Waals surface area contributed by atoms with E-state index in [4.69, 9.17) is 0 Å². The number of hydrogen-bond acceptors (Lipinski definition) is 2. The number of aromatic nitrogens is 2. The van der Waals surface area contributed by atoms with Crippen LogP contribution in [0.15, 0.2) is 24.3 Å². The average molecular weight is 272 g/mol. The highest BCUT2D eigenvalue weighted by atomic mass is 16.2. The van der Waals surface area contributed by atoms with E-state index in [0.717, 1.165) is 49.2 Å². The summed E-state index contributed by atoms with van der Waals surface area (Å²) in [5.74, 6) is 0.921. The van der Waals surface area contributed by atoms with Gasteiger partial charge in [-0.2, -0.15) is 0 Å². The molecule has 1 saturated heterocycles. The van der Waals surface area contributed by atoms with Crippen LogP contribution in [0.1, 0.15) is 25.1 Å². The first-order valence-electron chi connectivity index (χ1n) is 7.29. The van der Waals surface area contributed by atoms with Crippen molar-refractivity contribution in [2.45, 2.75) is 25.7 Å². The minimum Gasteiger partial charge on any atom is -0.342 e. The maximum atomic E-state index is 11.9. The van der Waals surface area contributed by atoms with Crippen molar-refractivity contribution in [1.82, 2.24) is 20.2 Å². The number of piperidine rings is 1. The monoisotopic (exact) mass is 272 g/mol. The van der Waals surface area contributed by atoms with Crippen molar-refractivity contribution in [3.63, 3.8) is 0 Å². The molecule has 0 saturated carbocycles. The van der Waals surface area contributed by atoms with Crippen LogP contribution in [0.25, 0.3) is 11.0 Å². The first kappa shape index (κ1) is 13.0. The van der Waals surface area contributed by atoms with Gasteiger partial charge in [0.25, 0.3) is 0 Å². The molecule has 2 amide bonds. The molecule has 0 radical (unpaired) electrons. The number of fused-ring (bicyclic) bond motifs is 1. The number of nitrogens with one attached hydrogen (secondary N) is 2. The Bertz CT molecular complexity index is 553. The van der Waals surface area contributed by atoms with Crippen molar-refractivity contribution in [3.8, 4) is 0 Å². The smallest absolute Gasteiger partial charge is 0.317 e. The lowest BCUT2D eigenvalue weighted by atomic mass is 10.1. The van der Waals surface area contributed by atoms with Gasteiger partial charge in [-0.25, -0.2) is 9.78 Å². The number of rotatable bonds is 3. The molecule has 0 unspecified atom stereocenters. The Morgan fingerprint density at radius 2 is 2.05 bits per heavy atom. The second kappa shape index (κ2) is 5.94. The minimum absolute atomic E-state index is 0.0563. The van der Waals surface area contributed by atoms with Crippen molar-refractivity contribution in [3.05, 3.63) is 30.1 Å². The van der Waals surface area contributed by atoms with Gasteiger partial charge in [-0.05, 0) is 31.4 Å². The van der Waals surface area contributed by atoms with Crippen LogP contribution in [-0.4, -0.2) is 40.5 Å². The molecule has 1 aliphatic heterocycles. The van der Waals surface area contributed by atoms with Crippen molar-refractivity contribution in [2.24, 2.45) is 0 Å². The van der Waals surface area contributed by atoms with Crippen LogP contribution >= 0.6 is 0 Å². The first-order valence-corrected chi connectivity index (χ1v) is 7.29. The van der Waals surface area contributed by atoms with Crippen molar-refractivity contribution >= 4 is 17.1 Å². The summed E-state index contributed by atoms with van der Waals surface area (Å²) < 4.78 is 0. The minimum atomic E-state index is 0.0563. The average Bonchev–Trinajstić information content (AvgIpc) is 2.90. The third kappa shape index (κ3) is 2.92. The van der Waals surface area contributed by atoms with Gasteiger partial charge in [0.15, 0.2) is 0 Å². The number of amides is 2. The summed E-state index contributed by atoms with van der Waals surface area (Å²) in [6.07, 6.45) is 4.21. The lowest BCUT2D eigenvalue weighted by Gasteiger charge is -2.26.